The molecule has 18 heavy (non-hydrogen) atoms. The van der Waals surface area contributed by atoms with Gasteiger partial charge in [0.1, 0.15) is 5.82 Å². The zero-order chi connectivity index (χ0) is 13.3. The smallest absolute Gasteiger partial charge is 0.266 e. The third-order valence-corrected chi connectivity index (χ3v) is 2.92. The fraction of sp³-hybridized carbons (Fsp3) is 0.308. The number of imide groups is 1. The molecule has 1 aromatic heterocycles. The van der Waals surface area contributed by atoms with E-state index in [0.29, 0.717) is 23.5 Å². The van der Waals surface area contributed by atoms with Gasteiger partial charge in [0.25, 0.3) is 11.8 Å². The Balaban J connectivity index is 2.46. The molecule has 0 bridgehead atoms. The highest BCUT2D eigenvalue weighted by Crippen LogP contribution is 2.27. The molecule has 0 atom stereocenters. The fourth-order valence-electron chi connectivity index (χ4n) is 1.99. The summed E-state index contributed by atoms with van der Waals surface area (Å²) in [7, 11) is 0. The average Bonchev–Trinajstić information content (AvgIpc) is 2.89. The second-order valence-electron chi connectivity index (χ2n) is 3.99. The normalized spacial score (nSPS) is 16.5. The lowest BCUT2D eigenvalue weighted by Gasteiger charge is -2.15. The predicted molar refractivity (Wildman–Crippen MR) is 67.9 cm³/mol. The molecular weight excluding hydrogens is 230 g/mol. The van der Waals surface area contributed by atoms with Crippen molar-refractivity contribution in [1.82, 2.24) is 9.78 Å². The summed E-state index contributed by atoms with van der Waals surface area (Å²) in [4.78, 5) is 25.6. The average molecular weight is 245 g/mol. The highest BCUT2D eigenvalue weighted by Gasteiger charge is 2.37. The molecule has 1 aliphatic heterocycles. The second-order valence-corrected chi connectivity index (χ2v) is 3.99. The second kappa shape index (κ2) is 4.60. The van der Waals surface area contributed by atoms with E-state index in [1.165, 1.54) is 4.90 Å². The number of aryl methyl sites for hydroxylation is 1. The van der Waals surface area contributed by atoms with Crippen molar-refractivity contribution in [3.05, 3.63) is 35.6 Å². The molecular formula is C13H15N3O2. The van der Waals surface area contributed by atoms with Crippen LogP contribution in [-0.4, -0.2) is 21.6 Å². The quantitative estimate of drug-likeness (QED) is 0.761. The van der Waals surface area contributed by atoms with Crippen molar-refractivity contribution in [3.63, 3.8) is 0 Å². The maximum Gasteiger partial charge on any atom is 0.266 e. The summed E-state index contributed by atoms with van der Waals surface area (Å²) >= 11 is 0. The van der Waals surface area contributed by atoms with Crippen LogP contribution >= 0.6 is 0 Å². The third-order valence-electron chi connectivity index (χ3n) is 2.92. The summed E-state index contributed by atoms with van der Waals surface area (Å²) in [5.41, 5.74) is 0.924. The van der Waals surface area contributed by atoms with E-state index in [0.717, 1.165) is 0 Å². The molecule has 0 unspecified atom stereocenters. The Morgan fingerprint density at radius 2 is 2.06 bits per heavy atom. The Morgan fingerprint density at radius 1 is 1.33 bits per heavy atom. The molecule has 2 rings (SSSR count). The van der Waals surface area contributed by atoms with Crippen LogP contribution in [0.15, 0.2) is 35.6 Å². The van der Waals surface area contributed by atoms with Crippen LogP contribution in [0.2, 0.25) is 0 Å². The van der Waals surface area contributed by atoms with Crippen LogP contribution in [0.25, 0.3) is 0 Å². The van der Waals surface area contributed by atoms with Crippen LogP contribution in [-0.2, 0) is 16.1 Å². The molecule has 1 aromatic rings. The molecule has 5 nitrogen and oxygen atoms in total. The highest BCUT2D eigenvalue weighted by atomic mass is 16.2. The first kappa shape index (κ1) is 12.3. The summed E-state index contributed by atoms with van der Waals surface area (Å²) in [6.07, 6.45) is 5.01. The van der Waals surface area contributed by atoms with Crippen molar-refractivity contribution in [3.8, 4) is 0 Å². The van der Waals surface area contributed by atoms with Crippen molar-refractivity contribution in [2.45, 2.75) is 27.3 Å². The highest BCUT2D eigenvalue weighted by molar-refractivity contribution is 6.33. The molecule has 0 aromatic carbocycles. The number of nitrogens with zero attached hydrogens (tertiary/aromatic N) is 3. The van der Waals surface area contributed by atoms with Gasteiger partial charge in [0.15, 0.2) is 0 Å². The van der Waals surface area contributed by atoms with Gasteiger partial charge in [0.2, 0.25) is 0 Å². The number of hydrogen-bond acceptors (Lipinski definition) is 3. The van der Waals surface area contributed by atoms with Gasteiger partial charge in [-0.05, 0) is 20.8 Å². The Labute approximate surface area is 105 Å². The van der Waals surface area contributed by atoms with E-state index >= 15 is 0 Å². The van der Waals surface area contributed by atoms with Crippen LogP contribution < -0.4 is 4.90 Å². The third kappa shape index (κ3) is 1.68. The van der Waals surface area contributed by atoms with Crippen molar-refractivity contribution in [2.75, 3.05) is 4.90 Å². The molecule has 0 saturated heterocycles. The van der Waals surface area contributed by atoms with Crippen LogP contribution in [0, 0.1) is 0 Å². The first-order chi connectivity index (χ1) is 8.61. The van der Waals surface area contributed by atoms with Crippen LogP contribution in [0.3, 0.4) is 0 Å². The van der Waals surface area contributed by atoms with Gasteiger partial charge in [-0.25, -0.2) is 9.58 Å². The van der Waals surface area contributed by atoms with Gasteiger partial charge in [-0.1, -0.05) is 12.2 Å². The molecule has 0 radical (unpaired) electrons. The number of allylic oxidation sites excluding steroid dienone is 1. The van der Waals surface area contributed by atoms with Crippen molar-refractivity contribution >= 4 is 17.6 Å². The number of carbonyl (C=O) groups excluding carboxylic acids is 2. The van der Waals surface area contributed by atoms with E-state index in [4.69, 9.17) is 0 Å². The van der Waals surface area contributed by atoms with Gasteiger partial charge < -0.3 is 0 Å². The number of amides is 2. The van der Waals surface area contributed by atoms with E-state index in [9.17, 15) is 9.59 Å². The number of rotatable bonds is 3. The molecule has 0 aliphatic carbocycles. The van der Waals surface area contributed by atoms with Crippen LogP contribution in [0.4, 0.5) is 5.82 Å². The molecule has 2 heterocycles. The number of anilines is 1. The molecule has 1 aliphatic rings. The van der Waals surface area contributed by atoms with Gasteiger partial charge in [0.05, 0.1) is 6.20 Å². The molecule has 2 amide bonds. The van der Waals surface area contributed by atoms with E-state index in [1.807, 2.05) is 13.8 Å². The Morgan fingerprint density at radius 3 is 2.67 bits per heavy atom. The number of hydrogen-bond donors (Lipinski definition) is 0. The van der Waals surface area contributed by atoms with Crippen molar-refractivity contribution in [1.29, 1.82) is 0 Å². The van der Waals surface area contributed by atoms with E-state index in [-0.39, 0.29) is 11.8 Å². The lowest BCUT2D eigenvalue weighted by atomic mass is 10.1. The Bertz CT molecular complexity index is 567. The zero-order valence-corrected chi connectivity index (χ0v) is 10.7. The van der Waals surface area contributed by atoms with Gasteiger partial charge in [-0.15, -0.1) is 0 Å². The maximum atomic E-state index is 12.2. The van der Waals surface area contributed by atoms with Gasteiger partial charge in [0, 0.05) is 23.8 Å². The maximum absolute atomic E-state index is 12.2. The molecule has 94 valence electrons. The topological polar surface area (TPSA) is 55.2 Å². The summed E-state index contributed by atoms with van der Waals surface area (Å²) < 4.78 is 1.63. The monoisotopic (exact) mass is 245 g/mol. The van der Waals surface area contributed by atoms with Crippen LogP contribution in [0.1, 0.15) is 20.8 Å². The minimum absolute atomic E-state index is 0.275. The Hall–Kier alpha value is -2.17. The number of carbonyl (C=O) groups is 2. The molecule has 0 N–H and O–H groups in total. The van der Waals surface area contributed by atoms with Crippen molar-refractivity contribution < 1.29 is 9.59 Å². The number of aromatic nitrogens is 2. The van der Waals surface area contributed by atoms with Gasteiger partial charge >= 0.3 is 0 Å². The van der Waals surface area contributed by atoms with Crippen LogP contribution in [0.5, 0.6) is 0 Å². The Kier molecular flexibility index (Phi) is 3.14. The first-order valence-corrected chi connectivity index (χ1v) is 5.86. The van der Waals surface area contributed by atoms with Gasteiger partial charge in [-0.3, -0.25) is 9.59 Å². The molecule has 5 heteroatoms. The fourth-order valence-corrected chi connectivity index (χ4v) is 1.99. The summed E-state index contributed by atoms with van der Waals surface area (Å²) in [5.74, 6) is -0.0412. The molecule has 0 spiro atoms. The summed E-state index contributed by atoms with van der Waals surface area (Å²) in [6, 6.07) is 1.67. The lowest BCUT2D eigenvalue weighted by Crippen LogP contribution is -2.33. The van der Waals surface area contributed by atoms with Gasteiger partial charge in [-0.2, -0.15) is 5.10 Å². The zero-order valence-electron chi connectivity index (χ0n) is 10.7. The standard InChI is InChI=1S/C13H15N3O2/c1-4-6-10-9(3)12(17)16(13(10)18)11-7-8-14-15(11)5-2/h4,6-8H,5H2,1-3H3/b6-4-. The molecule has 0 fully saturated rings. The molecule has 0 saturated carbocycles. The predicted octanol–water partition coefficient (Wildman–Crippen LogP) is 1.67. The minimum Gasteiger partial charge on any atom is -0.269 e. The SMILES string of the molecule is C/C=C\C1=C(C)C(=O)N(c2ccnn2CC)C1=O. The van der Waals surface area contributed by atoms with E-state index in [1.54, 1.807) is 36.0 Å². The largest absolute Gasteiger partial charge is 0.269 e. The first-order valence-electron chi connectivity index (χ1n) is 5.86. The van der Waals surface area contributed by atoms with Crippen molar-refractivity contribution in [2.24, 2.45) is 0 Å². The van der Waals surface area contributed by atoms with E-state index < -0.39 is 0 Å². The minimum atomic E-state index is -0.286. The summed E-state index contributed by atoms with van der Waals surface area (Å²) in [5, 5.41) is 4.08. The summed E-state index contributed by atoms with van der Waals surface area (Å²) in [6.45, 7) is 6.01. The van der Waals surface area contributed by atoms with E-state index in [2.05, 4.69) is 5.10 Å². The lowest BCUT2D eigenvalue weighted by molar-refractivity contribution is -0.120.